The van der Waals surface area contributed by atoms with Gasteiger partial charge < -0.3 is 9.80 Å². The molecule has 1 atom stereocenters. The second kappa shape index (κ2) is 6.49. The van der Waals surface area contributed by atoms with E-state index in [0.717, 1.165) is 12.1 Å². The van der Waals surface area contributed by atoms with E-state index in [1.165, 1.54) is 12.4 Å². The normalized spacial score (nSPS) is 23.7. The van der Waals surface area contributed by atoms with Crippen molar-refractivity contribution in [3.8, 4) is 0 Å². The molecule has 2 fully saturated rings. The van der Waals surface area contributed by atoms with Gasteiger partial charge in [-0.3, -0.25) is 19.5 Å². The second-order valence-corrected chi connectivity index (χ2v) is 6.96. The molecule has 1 aromatic carbocycles. The SMILES string of the molecule is CN1CC(=O)N(c2ccccc2)C[C@@]12CCN(C(=O)c1cnccn1)C2. The zero-order chi connectivity index (χ0) is 18.1. The minimum atomic E-state index is -0.235. The smallest absolute Gasteiger partial charge is 0.274 e. The van der Waals surface area contributed by atoms with Crippen molar-refractivity contribution in [2.24, 2.45) is 0 Å². The van der Waals surface area contributed by atoms with Crippen LogP contribution in [0.2, 0.25) is 0 Å². The van der Waals surface area contributed by atoms with Crippen LogP contribution < -0.4 is 4.90 Å². The van der Waals surface area contributed by atoms with Gasteiger partial charge in [0.2, 0.25) is 5.91 Å². The molecule has 7 heteroatoms. The van der Waals surface area contributed by atoms with Crippen LogP contribution in [0.15, 0.2) is 48.9 Å². The fourth-order valence-electron chi connectivity index (χ4n) is 3.84. The monoisotopic (exact) mass is 351 g/mol. The van der Waals surface area contributed by atoms with Crippen LogP contribution in [0.4, 0.5) is 5.69 Å². The first-order valence-electron chi connectivity index (χ1n) is 8.71. The number of nitrogens with zero attached hydrogens (tertiary/aromatic N) is 5. The maximum absolute atomic E-state index is 12.7. The molecule has 0 radical (unpaired) electrons. The Bertz CT molecular complexity index is 813. The van der Waals surface area contributed by atoms with Crippen LogP contribution in [0.5, 0.6) is 0 Å². The lowest BCUT2D eigenvalue weighted by Crippen LogP contribution is -2.64. The summed E-state index contributed by atoms with van der Waals surface area (Å²) in [6.45, 7) is 2.16. The van der Waals surface area contributed by atoms with Gasteiger partial charge in [0.15, 0.2) is 0 Å². The van der Waals surface area contributed by atoms with Crippen LogP contribution in [-0.4, -0.2) is 70.3 Å². The van der Waals surface area contributed by atoms with E-state index in [-0.39, 0.29) is 17.4 Å². The van der Waals surface area contributed by atoms with Gasteiger partial charge in [-0.2, -0.15) is 0 Å². The standard InChI is InChI=1S/C19H21N5O2/c1-22-12-17(25)24(15-5-3-2-4-6-15)14-19(22)7-10-23(13-19)18(26)16-11-20-8-9-21-16/h2-6,8-9,11H,7,10,12-14H2,1H3/t19-/m0/s1. The third-order valence-corrected chi connectivity index (χ3v) is 5.41. The first kappa shape index (κ1) is 16.7. The number of likely N-dealkylation sites (N-methyl/N-ethyl adjacent to an activating group) is 1. The molecule has 2 aliphatic heterocycles. The summed E-state index contributed by atoms with van der Waals surface area (Å²) in [4.78, 5) is 39.1. The molecule has 3 heterocycles. The Kier molecular flexibility index (Phi) is 4.16. The third kappa shape index (κ3) is 2.84. The zero-order valence-electron chi connectivity index (χ0n) is 14.7. The summed E-state index contributed by atoms with van der Waals surface area (Å²) < 4.78 is 0. The van der Waals surface area contributed by atoms with E-state index < -0.39 is 0 Å². The maximum atomic E-state index is 12.7. The molecule has 1 aromatic heterocycles. The average molecular weight is 351 g/mol. The Labute approximate surface area is 152 Å². The molecule has 0 bridgehead atoms. The Balaban J connectivity index is 1.56. The van der Waals surface area contributed by atoms with Crippen LogP contribution in [0.3, 0.4) is 0 Å². The highest BCUT2D eigenvalue weighted by molar-refractivity contribution is 5.96. The van der Waals surface area contributed by atoms with Gasteiger partial charge in [-0.25, -0.2) is 4.98 Å². The number of likely N-dealkylation sites (tertiary alicyclic amines) is 1. The van der Waals surface area contributed by atoms with Gasteiger partial charge in [0, 0.05) is 37.7 Å². The summed E-state index contributed by atoms with van der Waals surface area (Å²) in [5.41, 5.74) is 1.03. The van der Waals surface area contributed by atoms with Crippen molar-refractivity contribution in [2.75, 3.05) is 38.1 Å². The van der Waals surface area contributed by atoms with E-state index in [2.05, 4.69) is 14.9 Å². The number of hydrogen-bond donors (Lipinski definition) is 0. The first-order chi connectivity index (χ1) is 12.6. The van der Waals surface area contributed by atoms with Gasteiger partial charge in [0.25, 0.3) is 5.91 Å². The number of anilines is 1. The van der Waals surface area contributed by atoms with E-state index in [4.69, 9.17) is 0 Å². The van der Waals surface area contributed by atoms with E-state index in [1.54, 1.807) is 6.20 Å². The van der Waals surface area contributed by atoms with Crippen LogP contribution in [-0.2, 0) is 4.79 Å². The fraction of sp³-hybridized carbons (Fsp3) is 0.368. The summed E-state index contributed by atoms with van der Waals surface area (Å²) in [5.74, 6) is -0.0189. The molecular weight excluding hydrogens is 330 g/mol. The topological polar surface area (TPSA) is 69.6 Å². The fourth-order valence-corrected chi connectivity index (χ4v) is 3.84. The van der Waals surface area contributed by atoms with Crippen LogP contribution in [0.25, 0.3) is 0 Å². The summed E-state index contributed by atoms with van der Waals surface area (Å²) in [6, 6.07) is 9.72. The number of benzene rings is 1. The van der Waals surface area contributed by atoms with Crippen LogP contribution in [0.1, 0.15) is 16.9 Å². The molecule has 134 valence electrons. The molecule has 2 saturated heterocycles. The summed E-state index contributed by atoms with van der Waals surface area (Å²) in [7, 11) is 1.97. The molecule has 0 saturated carbocycles. The van der Waals surface area contributed by atoms with Gasteiger partial charge in [-0.15, -0.1) is 0 Å². The molecule has 26 heavy (non-hydrogen) atoms. The molecule has 2 amide bonds. The summed E-state index contributed by atoms with van der Waals surface area (Å²) >= 11 is 0. The maximum Gasteiger partial charge on any atom is 0.274 e. The van der Waals surface area contributed by atoms with Gasteiger partial charge in [0.1, 0.15) is 5.69 Å². The van der Waals surface area contributed by atoms with Crippen molar-refractivity contribution in [1.29, 1.82) is 0 Å². The highest BCUT2D eigenvalue weighted by Gasteiger charge is 2.48. The zero-order valence-corrected chi connectivity index (χ0v) is 14.7. The van der Waals surface area contributed by atoms with Crippen molar-refractivity contribution in [3.63, 3.8) is 0 Å². The summed E-state index contributed by atoms with van der Waals surface area (Å²) in [5, 5.41) is 0. The lowest BCUT2D eigenvalue weighted by molar-refractivity contribution is -0.123. The third-order valence-electron chi connectivity index (χ3n) is 5.41. The number of rotatable bonds is 2. The Morgan fingerprint density at radius 3 is 2.69 bits per heavy atom. The van der Waals surface area contributed by atoms with E-state index in [9.17, 15) is 9.59 Å². The van der Waals surface area contributed by atoms with Crippen molar-refractivity contribution in [1.82, 2.24) is 19.8 Å². The number of amides is 2. The molecule has 0 N–H and O–H groups in total. The lowest BCUT2D eigenvalue weighted by Gasteiger charge is -2.46. The quantitative estimate of drug-likeness (QED) is 0.809. The number of carbonyl (C=O) groups is 2. The number of piperazine rings is 1. The number of para-hydroxylation sites is 1. The van der Waals surface area contributed by atoms with Crippen molar-refractivity contribution in [3.05, 3.63) is 54.6 Å². The van der Waals surface area contributed by atoms with Gasteiger partial charge in [-0.1, -0.05) is 18.2 Å². The minimum Gasteiger partial charge on any atom is -0.335 e. The highest BCUT2D eigenvalue weighted by Crippen LogP contribution is 2.33. The van der Waals surface area contributed by atoms with E-state index in [1.807, 2.05) is 47.2 Å². The van der Waals surface area contributed by atoms with Crippen molar-refractivity contribution in [2.45, 2.75) is 12.0 Å². The van der Waals surface area contributed by atoms with E-state index in [0.29, 0.717) is 31.9 Å². The average Bonchev–Trinajstić information content (AvgIpc) is 3.11. The molecule has 1 spiro atoms. The predicted molar refractivity (Wildman–Crippen MR) is 96.7 cm³/mol. The molecule has 0 aliphatic carbocycles. The molecule has 2 aliphatic rings. The van der Waals surface area contributed by atoms with Crippen molar-refractivity contribution >= 4 is 17.5 Å². The molecule has 2 aromatic rings. The number of aromatic nitrogens is 2. The van der Waals surface area contributed by atoms with E-state index >= 15 is 0 Å². The van der Waals surface area contributed by atoms with Crippen molar-refractivity contribution < 1.29 is 9.59 Å². The Morgan fingerprint density at radius 2 is 1.96 bits per heavy atom. The van der Waals surface area contributed by atoms with Gasteiger partial charge in [-0.05, 0) is 25.6 Å². The summed E-state index contributed by atoms with van der Waals surface area (Å²) in [6.07, 6.45) is 5.41. The Morgan fingerprint density at radius 1 is 1.15 bits per heavy atom. The highest BCUT2D eigenvalue weighted by atomic mass is 16.2. The number of hydrogen-bond acceptors (Lipinski definition) is 5. The van der Waals surface area contributed by atoms with Crippen LogP contribution >= 0.6 is 0 Å². The largest absolute Gasteiger partial charge is 0.335 e. The molecular formula is C19H21N5O2. The molecule has 4 rings (SSSR count). The van der Waals surface area contributed by atoms with Gasteiger partial charge >= 0.3 is 0 Å². The molecule has 0 unspecified atom stereocenters. The number of carbonyl (C=O) groups excluding carboxylic acids is 2. The predicted octanol–water partition coefficient (Wildman–Crippen LogP) is 1.04. The van der Waals surface area contributed by atoms with Crippen LogP contribution in [0, 0.1) is 0 Å². The lowest BCUT2D eigenvalue weighted by atomic mass is 9.92. The minimum absolute atomic E-state index is 0.0861. The second-order valence-electron chi connectivity index (χ2n) is 6.96. The van der Waals surface area contributed by atoms with Gasteiger partial charge in [0.05, 0.1) is 18.3 Å². The Hall–Kier alpha value is -2.80. The molecule has 7 nitrogen and oxygen atoms in total. The first-order valence-corrected chi connectivity index (χ1v) is 8.71.